The van der Waals surface area contributed by atoms with Gasteiger partial charge in [-0.25, -0.2) is 4.79 Å². The van der Waals surface area contributed by atoms with E-state index in [0.29, 0.717) is 10.6 Å². The summed E-state index contributed by atoms with van der Waals surface area (Å²) < 4.78 is 53.0. The molecule has 10 heteroatoms. The molecule has 1 spiro atoms. The summed E-state index contributed by atoms with van der Waals surface area (Å²) in [6.45, 7) is 3.98. The smallest absolute Gasteiger partial charge is 0.434 e. The first kappa shape index (κ1) is 24.4. The Morgan fingerprint density at radius 2 is 1.81 bits per heavy atom. The van der Waals surface area contributed by atoms with Crippen LogP contribution in [0.2, 0.25) is 5.02 Å². The van der Waals surface area contributed by atoms with Crippen LogP contribution in [0.5, 0.6) is 0 Å². The quantitative estimate of drug-likeness (QED) is 0.590. The first-order valence-electron chi connectivity index (χ1n) is 10.3. The minimum absolute atomic E-state index is 0.0855. The average Bonchev–Trinajstić information content (AvgIpc) is 2.92. The van der Waals surface area contributed by atoms with E-state index in [1.54, 1.807) is 32.9 Å². The molecule has 1 aromatic rings. The first-order valence-corrected chi connectivity index (χ1v) is 10.7. The maximum absolute atomic E-state index is 13.1. The molecule has 6 nitrogen and oxygen atoms in total. The van der Waals surface area contributed by atoms with Crippen LogP contribution in [0, 0.1) is 13.8 Å². The molecule has 0 radical (unpaired) electrons. The molecule has 2 aliphatic rings. The van der Waals surface area contributed by atoms with Crippen molar-refractivity contribution in [1.82, 2.24) is 5.32 Å². The predicted octanol–water partition coefficient (Wildman–Crippen LogP) is 5.23. The van der Waals surface area contributed by atoms with Crippen molar-refractivity contribution in [3.05, 3.63) is 39.6 Å². The largest absolute Gasteiger partial charge is 0.513 e. The summed E-state index contributed by atoms with van der Waals surface area (Å²) in [5.74, 6) is -0.295. The number of amides is 1. The Labute approximate surface area is 189 Å². The minimum atomic E-state index is -4.41. The highest BCUT2D eigenvalue weighted by molar-refractivity contribution is 6.31. The first-order chi connectivity index (χ1) is 15.0. The Hall–Kier alpha value is -2.26. The Morgan fingerprint density at radius 1 is 1.22 bits per heavy atom. The van der Waals surface area contributed by atoms with E-state index in [9.17, 15) is 22.8 Å². The predicted molar refractivity (Wildman–Crippen MR) is 111 cm³/mol. The highest BCUT2D eigenvalue weighted by atomic mass is 35.5. The van der Waals surface area contributed by atoms with Gasteiger partial charge in [-0.15, -0.1) is 0 Å². The Morgan fingerprint density at radius 3 is 2.34 bits per heavy atom. The number of nitrogens with one attached hydrogen (secondary N) is 1. The Kier molecular flexibility index (Phi) is 7.09. The molecule has 176 valence electrons. The van der Waals surface area contributed by atoms with Crippen LogP contribution in [0.3, 0.4) is 0 Å². The second kappa shape index (κ2) is 9.31. The van der Waals surface area contributed by atoms with Crippen LogP contribution < -0.4 is 5.32 Å². The molecule has 0 aromatic heterocycles. The van der Waals surface area contributed by atoms with Crippen molar-refractivity contribution >= 4 is 29.2 Å². The van der Waals surface area contributed by atoms with E-state index in [2.05, 4.69) is 5.32 Å². The van der Waals surface area contributed by atoms with Gasteiger partial charge < -0.3 is 19.5 Å². The molecule has 1 saturated carbocycles. The van der Waals surface area contributed by atoms with Crippen LogP contribution in [0.15, 0.2) is 17.9 Å². The molecule has 1 aliphatic heterocycles. The maximum Gasteiger partial charge on any atom is 0.513 e. The van der Waals surface area contributed by atoms with Crippen LogP contribution in [0.1, 0.15) is 49.3 Å². The van der Waals surface area contributed by atoms with Gasteiger partial charge in [-0.2, -0.15) is 13.2 Å². The van der Waals surface area contributed by atoms with Gasteiger partial charge in [0.25, 0.3) is 5.91 Å². The lowest BCUT2D eigenvalue weighted by molar-refractivity contribution is -0.189. The van der Waals surface area contributed by atoms with E-state index in [-0.39, 0.29) is 43.6 Å². The zero-order valence-electron chi connectivity index (χ0n) is 18.0. The number of hydrogen-bond acceptors (Lipinski definition) is 5. The summed E-state index contributed by atoms with van der Waals surface area (Å²) in [5.41, 5.74) is 1.22. The molecule has 0 saturated heterocycles. The fraction of sp³-hybridized carbons (Fsp3) is 0.545. The van der Waals surface area contributed by atoms with E-state index in [4.69, 9.17) is 25.8 Å². The molecule has 32 heavy (non-hydrogen) atoms. The minimum Gasteiger partial charge on any atom is -0.434 e. The van der Waals surface area contributed by atoms with Crippen LogP contribution in [-0.4, -0.2) is 43.1 Å². The lowest BCUT2D eigenvalue weighted by atomic mass is 9.79. The molecule has 1 heterocycles. The molecule has 1 amide bonds. The third-order valence-electron chi connectivity index (χ3n) is 5.71. The molecular formula is C22H25ClF3NO5. The normalized spacial score (nSPS) is 23.5. The van der Waals surface area contributed by atoms with Gasteiger partial charge in [-0.1, -0.05) is 11.6 Å². The average molecular weight is 476 g/mol. The fourth-order valence-corrected chi connectivity index (χ4v) is 4.73. The van der Waals surface area contributed by atoms with Gasteiger partial charge in [0.05, 0.1) is 23.8 Å². The second-order valence-electron chi connectivity index (χ2n) is 8.07. The number of rotatable bonds is 5. The number of alkyl halides is 3. The molecule has 0 bridgehead atoms. The number of aryl methyl sites for hydroxylation is 2. The fourth-order valence-electron chi connectivity index (χ4n) is 4.41. The molecule has 1 aromatic carbocycles. The summed E-state index contributed by atoms with van der Waals surface area (Å²) in [4.78, 5) is 25.3. The number of carbonyl (C=O) groups is 2. The molecule has 3 rings (SSSR count). The molecule has 0 unspecified atom stereocenters. The number of hydrogen-bond donors (Lipinski definition) is 1. The highest BCUT2D eigenvalue weighted by Crippen LogP contribution is 2.45. The number of benzene rings is 1. The van der Waals surface area contributed by atoms with Gasteiger partial charge in [0.2, 0.25) is 0 Å². The van der Waals surface area contributed by atoms with Crippen molar-refractivity contribution in [1.29, 1.82) is 0 Å². The Balaban J connectivity index is 1.97. The van der Waals surface area contributed by atoms with E-state index >= 15 is 0 Å². The zero-order chi connectivity index (χ0) is 23.7. The number of halogens is 4. The molecular weight excluding hydrogens is 451 g/mol. The molecule has 1 aliphatic carbocycles. The van der Waals surface area contributed by atoms with Crippen LogP contribution in [0.4, 0.5) is 18.0 Å². The van der Waals surface area contributed by atoms with Gasteiger partial charge in [-0.05, 0) is 75.3 Å². The molecule has 0 atom stereocenters. The van der Waals surface area contributed by atoms with Gasteiger partial charge in [0, 0.05) is 5.02 Å². The zero-order valence-corrected chi connectivity index (χ0v) is 18.8. The SMILES string of the molecule is CCOC(=O)OC1=C(c2c(C)cc(Cl)cc2C)C(=O)N[C@]12CC[C@@H](OCC(F)(F)F)CC2. The Bertz CT molecular complexity index is 913. The van der Waals surface area contributed by atoms with E-state index in [0.717, 1.165) is 11.1 Å². The summed E-state index contributed by atoms with van der Waals surface area (Å²) in [6.07, 6.45) is -4.93. The van der Waals surface area contributed by atoms with Crippen molar-refractivity contribution < 1.29 is 37.0 Å². The third kappa shape index (κ3) is 5.20. The van der Waals surface area contributed by atoms with E-state index in [1.807, 2.05) is 0 Å². The molecule has 1 N–H and O–H groups in total. The van der Waals surface area contributed by atoms with Crippen molar-refractivity contribution in [3.63, 3.8) is 0 Å². The topological polar surface area (TPSA) is 73.9 Å². The third-order valence-corrected chi connectivity index (χ3v) is 5.92. The van der Waals surface area contributed by atoms with E-state index in [1.165, 1.54) is 0 Å². The van der Waals surface area contributed by atoms with Crippen molar-refractivity contribution in [3.8, 4) is 0 Å². The van der Waals surface area contributed by atoms with Crippen molar-refractivity contribution in [2.75, 3.05) is 13.2 Å². The lowest BCUT2D eigenvalue weighted by Gasteiger charge is -2.38. The van der Waals surface area contributed by atoms with E-state index < -0.39 is 36.5 Å². The summed E-state index contributed by atoms with van der Waals surface area (Å²) in [7, 11) is 0. The lowest BCUT2D eigenvalue weighted by Crippen LogP contribution is -2.49. The van der Waals surface area contributed by atoms with Gasteiger partial charge in [0.1, 0.15) is 12.4 Å². The van der Waals surface area contributed by atoms with Gasteiger partial charge >= 0.3 is 12.3 Å². The van der Waals surface area contributed by atoms with Gasteiger partial charge in [0.15, 0.2) is 0 Å². The summed E-state index contributed by atoms with van der Waals surface area (Å²) >= 11 is 6.13. The summed E-state index contributed by atoms with van der Waals surface area (Å²) in [6, 6.07) is 3.41. The van der Waals surface area contributed by atoms with Crippen LogP contribution in [0.25, 0.3) is 5.57 Å². The number of carbonyl (C=O) groups excluding carboxylic acids is 2. The standard InChI is InChI=1S/C22H25ClF3NO5/c1-4-30-20(29)32-18-17(16-12(2)9-14(23)10-13(16)3)19(28)27-21(18)7-5-15(6-8-21)31-11-22(24,25)26/h9-10,15H,4-8,11H2,1-3H3,(H,27,28)/t15-,21+. The van der Waals surface area contributed by atoms with Crippen molar-refractivity contribution in [2.24, 2.45) is 0 Å². The molecule has 1 fully saturated rings. The maximum atomic E-state index is 13.1. The highest BCUT2D eigenvalue weighted by Gasteiger charge is 2.51. The number of ether oxygens (including phenoxy) is 3. The second-order valence-corrected chi connectivity index (χ2v) is 8.50. The monoisotopic (exact) mass is 475 g/mol. The van der Waals surface area contributed by atoms with Crippen LogP contribution >= 0.6 is 11.6 Å². The van der Waals surface area contributed by atoms with Crippen LogP contribution in [-0.2, 0) is 19.0 Å². The van der Waals surface area contributed by atoms with Gasteiger partial charge in [-0.3, -0.25) is 4.79 Å². The summed E-state index contributed by atoms with van der Waals surface area (Å²) in [5, 5.41) is 3.43. The van der Waals surface area contributed by atoms with Crippen molar-refractivity contribution in [2.45, 2.75) is 64.3 Å².